The fourth-order valence-electron chi connectivity index (χ4n) is 0.972. The molecule has 1 aromatic carbocycles. The molecule has 0 fully saturated rings. The van der Waals surface area contributed by atoms with E-state index in [4.69, 9.17) is 33.7 Å². The quantitative estimate of drug-likeness (QED) is 0.811. The molecule has 0 aliphatic rings. The van der Waals surface area contributed by atoms with Crippen LogP contribution in [0.15, 0.2) is 18.2 Å². The first-order chi connectivity index (χ1) is 7.11. The van der Waals surface area contributed by atoms with E-state index in [9.17, 15) is 4.79 Å². The van der Waals surface area contributed by atoms with Gasteiger partial charge in [-0.2, -0.15) is 0 Å². The Hall–Kier alpha value is -0.770. The minimum absolute atomic E-state index is 0.150. The third-order valence-electron chi connectivity index (χ3n) is 1.71. The van der Waals surface area contributed by atoms with Crippen LogP contribution in [0.25, 0.3) is 0 Å². The van der Waals surface area contributed by atoms with Gasteiger partial charge in [0.1, 0.15) is 0 Å². The number of primary amides is 1. The standard InChI is InChI=1S/C10H10Cl2NO2/c11-8-2-1-3-9(12)7(8)6-15-5-4-10(13)14/h1-4H,5-6H2,(H2,13,14). The van der Waals surface area contributed by atoms with E-state index in [0.29, 0.717) is 15.6 Å². The summed E-state index contributed by atoms with van der Waals surface area (Å²) in [6.45, 7) is 0.402. The Kier molecular flexibility index (Phi) is 4.88. The summed E-state index contributed by atoms with van der Waals surface area (Å²) in [6, 6.07) is 5.21. The van der Waals surface area contributed by atoms with Crippen molar-refractivity contribution in [2.24, 2.45) is 5.73 Å². The first-order valence-corrected chi connectivity index (χ1v) is 5.00. The van der Waals surface area contributed by atoms with E-state index in [1.165, 1.54) is 6.42 Å². The molecule has 0 aliphatic carbocycles. The highest BCUT2D eigenvalue weighted by molar-refractivity contribution is 6.35. The molecular weight excluding hydrogens is 237 g/mol. The Labute approximate surface area is 98.1 Å². The number of benzene rings is 1. The molecule has 0 aromatic heterocycles. The summed E-state index contributed by atoms with van der Waals surface area (Å²) in [5, 5.41) is 1.09. The van der Waals surface area contributed by atoms with Crippen LogP contribution < -0.4 is 5.73 Å². The van der Waals surface area contributed by atoms with Crippen LogP contribution in [0.1, 0.15) is 5.56 Å². The lowest BCUT2D eigenvalue weighted by molar-refractivity contribution is -0.115. The Morgan fingerprint density at radius 2 is 2.00 bits per heavy atom. The zero-order chi connectivity index (χ0) is 11.3. The molecule has 1 amide bonds. The number of ether oxygens (including phenoxy) is 1. The molecule has 0 saturated heterocycles. The van der Waals surface area contributed by atoms with Crippen molar-refractivity contribution in [1.82, 2.24) is 0 Å². The minimum Gasteiger partial charge on any atom is -0.376 e. The van der Waals surface area contributed by atoms with E-state index < -0.39 is 5.91 Å². The molecule has 5 heteroatoms. The lowest BCUT2D eigenvalue weighted by Gasteiger charge is -2.06. The van der Waals surface area contributed by atoms with Crippen molar-refractivity contribution in [3.05, 3.63) is 40.2 Å². The van der Waals surface area contributed by atoms with Crippen molar-refractivity contribution in [3.63, 3.8) is 0 Å². The lowest BCUT2D eigenvalue weighted by Crippen LogP contribution is -2.14. The number of hydrogen-bond donors (Lipinski definition) is 1. The largest absolute Gasteiger partial charge is 0.376 e. The number of halogens is 2. The zero-order valence-corrected chi connectivity index (χ0v) is 9.39. The number of amides is 1. The van der Waals surface area contributed by atoms with Gasteiger partial charge in [0.25, 0.3) is 0 Å². The Balaban J connectivity index is 2.47. The van der Waals surface area contributed by atoms with Crippen molar-refractivity contribution < 1.29 is 9.53 Å². The van der Waals surface area contributed by atoms with Gasteiger partial charge in [-0.05, 0) is 12.1 Å². The minimum atomic E-state index is -0.514. The van der Waals surface area contributed by atoms with Gasteiger partial charge in [-0.3, -0.25) is 4.79 Å². The molecule has 0 atom stereocenters. The molecule has 0 bridgehead atoms. The van der Waals surface area contributed by atoms with Crippen LogP contribution in [-0.4, -0.2) is 12.5 Å². The average molecular weight is 247 g/mol. The van der Waals surface area contributed by atoms with Gasteiger partial charge in [0.15, 0.2) is 0 Å². The molecule has 1 aromatic rings. The highest BCUT2D eigenvalue weighted by atomic mass is 35.5. The Morgan fingerprint density at radius 3 is 2.53 bits per heavy atom. The number of hydrogen-bond acceptors (Lipinski definition) is 2. The second-order valence-corrected chi connectivity index (χ2v) is 3.64. The smallest absolute Gasteiger partial charge is 0.223 e. The molecule has 81 valence electrons. The first-order valence-electron chi connectivity index (χ1n) is 4.24. The second-order valence-electron chi connectivity index (χ2n) is 2.82. The normalized spacial score (nSPS) is 10.3. The summed E-state index contributed by atoms with van der Waals surface area (Å²) < 4.78 is 5.17. The van der Waals surface area contributed by atoms with Crippen molar-refractivity contribution in [2.45, 2.75) is 6.61 Å². The maximum Gasteiger partial charge on any atom is 0.223 e. The number of carbonyl (C=O) groups excluding carboxylic acids is 1. The number of rotatable bonds is 5. The topological polar surface area (TPSA) is 52.3 Å². The van der Waals surface area contributed by atoms with Gasteiger partial charge in [-0.25, -0.2) is 0 Å². The highest BCUT2D eigenvalue weighted by Gasteiger charge is 2.05. The second kappa shape index (κ2) is 5.95. The van der Waals surface area contributed by atoms with Gasteiger partial charge in [0.05, 0.1) is 19.6 Å². The van der Waals surface area contributed by atoms with E-state index >= 15 is 0 Å². The summed E-state index contributed by atoms with van der Waals surface area (Å²) in [4.78, 5) is 10.4. The van der Waals surface area contributed by atoms with Gasteiger partial charge in [-0.15, -0.1) is 0 Å². The molecular formula is C10H10Cl2NO2. The van der Waals surface area contributed by atoms with Gasteiger partial charge >= 0.3 is 0 Å². The zero-order valence-electron chi connectivity index (χ0n) is 7.87. The molecule has 2 N–H and O–H groups in total. The van der Waals surface area contributed by atoms with Crippen LogP contribution in [0.4, 0.5) is 0 Å². The van der Waals surface area contributed by atoms with E-state index in [1.807, 2.05) is 0 Å². The number of carbonyl (C=O) groups is 1. The Morgan fingerprint density at radius 1 is 1.40 bits per heavy atom. The summed E-state index contributed by atoms with van der Waals surface area (Å²) >= 11 is 11.8. The van der Waals surface area contributed by atoms with E-state index in [1.54, 1.807) is 18.2 Å². The third-order valence-corrected chi connectivity index (χ3v) is 2.42. The van der Waals surface area contributed by atoms with Crippen LogP contribution in [0.5, 0.6) is 0 Å². The van der Waals surface area contributed by atoms with Crippen molar-refractivity contribution >= 4 is 29.1 Å². The van der Waals surface area contributed by atoms with Crippen molar-refractivity contribution in [1.29, 1.82) is 0 Å². The number of nitrogens with two attached hydrogens (primary N) is 1. The maximum absolute atomic E-state index is 10.4. The fraction of sp³-hybridized carbons (Fsp3) is 0.200. The predicted octanol–water partition coefficient (Wildman–Crippen LogP) is 2.20. The molecule has 3 nitrogen and oxygen atoms in total. The van der Waals surface area contributed by atoms with Crippen molar-refractivity contribution in [2.75, 3.05) is 6.61 Å². The molecule has 1 radical (unpaired) electrons. The molecule has 0 saturated carbocycles. The van der Waals surface area contributed by atoms with E-state index in [0.717, 1.165) is 0 Å². The highest BCUT2D eigenvalue weighted by Crippen LogP contribution is 2.24. The molecule has 1 rings (SSSR count). The van der Waals surface area contributed by atoms with Crippen LogP contribution in [0.3, 0.4) is 0 Å². The molecule has 0 unspecified atom stereocenters. The van der Waals surface area contributed by atoms with Crippen LogP contribution in [0.2, 0.25) is 10.0 Å². The summed E-state index contributed by atoms with van der Waals surface area (Å²) in [5.74, 6) is -0.514. The van der Waals surface area contributed by atoms with Crippen LogP contribution in [0, 0.1) is 6.42 Å². The van der Waals surface area contributed by atoms with Crippen LogP contribution in [-0.2, 0) is 16.1 Å². The third kappa shape index (κ3) is 4.08. The summed E-state index contributed by atoms with van der Waals surface area (Å²) in [7, 11) is 0. The van der Waals surface area contributed by atoms with Gasteiger partial charge < -0.3 is 10.5 Å². The lowest BCUT2D eigenvalue weighted by atomic mass is 10.2. The predicted molar refractivity (Wildman–Crippen MR) is 59.6 cm³/mol. The molecule has 0 heterocycles. The monoisotopic (exact) mass is 246 g/mol. The molecule has 0 aliphatic heterocycles. The average Bonchev–Trinajstić information content (AvgIpc) is 2.15. The summed E-state index contributed by atoms with van der Waals surface area (Å²) in [5.41, 5.74) is 5.61. The molecule has 0 spiro atoms. The van der Waals surface area contributed by atoms with E-state index in [-0.39, 0.29) is 13.2 Å². The van der Waals surface area contributed by atoms with Crippen LogP contribution >= 0.6 is 23.2 Å². The van der Waals surface area contributed by atoms with Gasteiger partial charge in [-0.1, -0.05) is 29.3 Å². The SMILES string of the molecule is NC(=O)[CH]COCc1c(Cl)cccc1Cl. The Bertz CT molecular complexity index is 335. The maximum atomic E-state index is 10.4. The van der Waals surface area contributed by atoms with E-state index in [2.05, 4.69) is 0 Å². The molecule has 15 heavy (non-hydrogen) atoms. The van der Waals surface area contributed by atoms with Gasteiger partial charge in [0, 0.05) is 15.6 Å². The van der Waals surface area contributed by atoms with Gasteiger partial charge in [0.2, 0.25) is 5.91 Å². The first kappa shape index (κ1) is 12.3. The fourth-order valence-corrected chi connectivity index (χ4v) is 1.48. The summed E-state index contributed by atoms with van der Waals surface area (Å²) in [6.07, 6.45) is 1.24. The van der Waals surface area contributed by atoms with Crippen molar-refractivity contribution in [3.8, 4) is 0 Å².